The molecule has 9 heteroatoms. The minimum Gasteiger partial charge on any atom is -0.459 e. The molecule has 0 N–H and O–H groups in total. The Labute approximate surface area is 181 Å². The molecule has 1 saturated heterocycles. The number of hydrogen-bond acceptors (Lipinski definition) is 5. The molecular formula is C22H19FN4O3S. The first-order valence-electron chi connectivity index (χ1n) is 9.90. The topological polar surface area (TPSA) is 71.1 Å². The van der Waals surface area contributed by atoms with E-state index in [9.17, 15) is 14.0 Å². The van der Waals surface area contributed by atoms with Gasteiger partial charge in [-0.3, -0.25) is 14.0 Å². The number of thiazole rings is 1. The molecular weight excluding hydrogens is 419 g/mol. The number of furan rings is 1. The fourth-order valence-corrected chi connectivity index (χ4v) is 4.57. The van der Waals surface area contributed by atoms with Gasteiger partial charge in [-0.15, -0.1) is 11.3 Å². The molecule has 1 aliphatic rings. The average molecular weight is 438 g/mol. The van der Waals surface area contributed by atoms with Crippen LogP contribution in [0.3, 0.4) is 0 Å². The summed E-state index contributed by atoms with van der Waals surface area (Å²) < 4.78 is 20.3. The van der Waals surface area contributed by atoms with Crippen molar-refractivity contribution >= 4 is 28.1 Å². The highest BCUT2D eigenvalue weighted by atomic mass is 32.1. The zero-order chi connectivity index (χ0) is 21.4. The number of hydrogen-bond donors (Lipinski definition) is 0. The summed E-state index contributed by atoms with van der Waals surface area (Å²) in [6.45, 7) is 1.93. The number of nitrogens with zero attached hydrogens (tertiary/aromatic N) is 4. The summed E-state index contributed by atoms with van der Waals surface area (Å²) in [5, 5.41) is 1.94. The van der Waals surface area contributed by atoms with Gasteiger partial charge in [0.1, 0.15) is 5.82 Å². The van der Waals surface area contributed by atoms with Crippen LogP contribution in [0.4, 0.5) is 4.39 Å². The minimum atomic E-state index is -0.290. The lowest BCUT2D eigenvalue weighted by Gasteiger charge is -2.34. The van der Waals surface area contributed by atoms with Crippen molar-refractivity contribution in [2.24, 2.45) is 0 Å². The van der Waals surface area contributed by atoms with E-state index in [2.05, 4.69) is 4.98 Å². The lowest BCUT2D eigenvalue weighted by Crippen LogP contribution is -2.51. The highest BCUT2D eigenvalue weighted by Crippen LogP contribution is 2.24. The van der Waals surface area contributed by atoms with E-state index < -0.39 is 0 Å². The van der Waals surface area contributed by atoms with Crippen molar-refractivity contribution in [1.82, 2.24) is 19.2 Å². The van der Waals surface area contributed by atoms with Crippen molar-refractivity contribution in [2.45, 2.75) is 6.42 Å². The van der Waals surface area contributed by atoms with Crippen LogP contribution in [0, 0.1) is 5.82 Å². The second-order valence-electron chi connectivity index (χ2n) is 7.34. The number of fused-ring (bicyclic) bond motifs is 1. The first-order valence-corrected chi connectivity index (χ1v) is 10.8. The first-order chi connectivity index (χ1) is 15.1. The van der Waals surface area contributed by atoms with Crippen molar-refractivity contribution in [1.29, 1.82) is 0 Å². The monoisotopic (exact) mass is 438 g/mol. The van der Waals surface area contributed by atoms with Crippen LogP contribution in [-0.2, 0) is 11.2 Å². The van der Waals surface area contributed by atoms with Gasteiger partial charge in [0.15, 0.2) is 10.7 Å². The molecule has 3 aromatic heterocycles. The van der Waals surface area contributed by atoms with Gasteiger partial charge in [-0.25, -0.2) is 9.37 Å². The van der Waals surface area contributed by atoms with Crippen LogP contribution >= 0.6 is 11.3 Å². The average Bonchev–Trinajstić information content (AvgIpc) is 3.53. The van der Waals surface area contributed by atoms with Crippen molar-refractivity contribution in [3.05, 3.63) is 71.5 Å². The molecule has 0 atom stereocenters. The lowest BCUT2D eigenvalue weighted by molar-refractivity contribution is -0.132. The van der Waals surface area contributed by atoms with Crippen LogP contribution in [-0.4, -0.2) is 57.2 Å². The smallest absolute Gasteiger partial charge is 0.289 e. The van der Waals surface area contributed by atoms with Crippen molar-refractivity contribution in [3.8, 4) is 11.3 Å². The number of piperazine rings is 1. The Balaban J connectivity index is 1.24. The molecule has 0 bridgehead atoms. The molecule has 7 nitrogen and oxygen atoms in total. The molecule has 1 aliphatic heterocycles. The largest absolute Gasteiger partial charge is 0.459 e. The van der Waals surface area contributed by atoms with E-state index in [1.807, 2.05) is 16.0 Å². The Morgan fingerprint density at radius 3 is 2.52 bits per heavy atom. The van der Waals surface area contributed by atoms with Gasteiger partial charge in [0.05, 0.1) is 18.4 Å². The third-order valence-corrected chi connectivity index (χ3v) is 6.30. The summed E-state index contributed by atoms with van der Waals surface area (Å²) in [5.41, 5.74) is 2.43. The summed E-state index contributed by atoms with van der Waals surface area (Å²) >= 11 is 1.47. The summed E-state index contributed by atoms with van der Waals surface area (Å²) in [5.74, 6) is -0.107. The Bertz CT molecular complexity index is 1220. The highest BCUT2D eigenvalue weighted by molar-refractivity contribution is 7.15. The van der Waals surface area contributed by atoms with E-state index in [0.717, 1.165) is 21.9 Å². The number of aromatic nitrogens is 2. The first kappa shape index (κ1) is 19.5. The van der Waals surface area contributed by atoms with Crippen molar-refractivity contribution < 1.29 is 18.4 Å². The quantitative estimate of drug-likeness (QED) is 0.490. The van der Waals surface area contributed by atoms with Gasteiger partial charge in [0, 0.05) is 49.0 Å². The van der Waals surface area contributed by atoms with Gasteiger partial charge in [-0.05, 0) is 36.4 Å². The maximum atomic E-state index is 13.2. The lowest BCUT2D eigenvalue weighted by atomic mass is 10.2. The summed E-state index contributed by atoms with van der Waals surface area (Å²) in [7, 11) is 0. The maximum Gasteiger partial charge on any atom is 0.289 e. The van der Waals surface area contributed by atoms with Crippen LogP contribution in [0.25, 0.3) is 16.2 Å². The molecule has 31 heavy (non-hydrogen) atoms. The second-order valence-corrected chi connectivity index (χ2v) is 8.18. The van der Waals surface area contributed by atoms with E-state index in [1.54, 1.807) is 34.1 Å². The van der Waals surface area contributed by atoms with Crippen LogP contribution < -0.4 is 0 Å². The minimum absolute atomic E-state index is 0.0156. The predicted octanol–water partition coefficient (Wildman–Crippen LogP) is 3.32. The predicted molar refractivity (Wildman–Crippen MR) is 113 cm³/mol. The van der Waals surface area contributed by atoms with E-state index >= 15 is 0 Å². The molecule has 1 aromatic carbocycles. The van der Waals surface area contributed by atoms with Gasteiger partial charge < -0.3 is 14.2 Å². The molecule has 5 rings (SSSR count). The number of amides is 2. The van der Waals surface area contributed by atoms with E-state index in [-0.39, 0.29) is 24.1 Å². The Morgan fingerprint density at radius 1 is 1.06 bits per heavy atom. The standard InChI is InChI=1S/C22H19FN4O3S/c23-16-5-3-15(4-6-16)18-13-27-17(14-31-22(27)24-18)12-20(28)25-7-9-26(10-8-25)21(29)19-2-1-11-30-19/h1-6,11,13-14H,7-10,12H2. The zero-order valence-corrected chi connectivity index (χ0v) is 17.3. The molecule has 2 amide bonds. The molecule has 0 saturated carbocycles. The number of imidazole rings is 1. The maximum absolute atomic E-state index is 13.2. The zero-order valence-electron chi connectivity index (χ0n) is 16.5. The van der Waals surface area contributed by atoms with Crippen LogP contribution in [0.2, 0.25) is 0 Å². The van der Waals surface area contributed by atoms with Gasteiger partial charge in [-0.1, -0.05) is 0 Å². The summed E-state index contributed by atoms with van der Waals surface area (Å²) in [4.78, 5) is 34.1. The molecule has 4 heterocycles. The molecule has 1 fully saturated rings. The Hall–Kier alpha value is -3.46. The molecule has 0 aliphatic carbocycles. The van der Waals surface area contributed by atoms with E-state index in [4.69, 9.17) is 4.42 Å². The fourth-order valence-electron chi connectivity index (χ4n) is 3.70. The normalized spacial score (nSPS) is 14.4. The third-order valence-electron chi connectivity index (χ3n) is 5.41. The van der Waals surface area contributed by atoms with Crippen LogP contribution in [0.1, 0.15) is 16.2 Å². The van der Waals surface area contributed by atoms with Gasteiger partial charge in [0.2, 0.25) is 5.91 Å². The molecule has 0 radical (unpaired) electrons. The van der Waals surface area contributed by atoms with Gasteiger partial charge in [0.25, 0.3) is 5.91 Å². The number of carbonyl (C=O) groups excluding carboxylic acids is 2. The highest BCUT2D eigenvalue weighted by Gasteiger charge is 2.26. The molecule has 0 spiro atoms. The number of rotatable bonds is 4. The molecule has 158 valence electrons. The summed E-state index contributed by atoms with van der Waals surface area (Å²) in [6.07, 6.45) is 3.61. The van der Waals surface area contributed by atoms with Gasteiger partial charge in [-0.2, -0.15) is 0 Å². The SMILES string of the molecule is O=C(Cc1csc2nc(-c3ccc(F)cc3)cn12)N1CCN(C(=O)c2ccco2)CC1. The van der Waals surface area contributed by atoms with E-state index in [0.29, 0.717) is 31.9 Å². The number of carbonyl (C=O) groups is 2. The van der Waals surface area contributed by atoms with E-state index in [1.165, 1.54) is 29.7 Å². The molecule has 0 unspecified atom stereocenters. The Morgan fingerprint density at radius 2 is 1.81 bits per heavy atom. The van der Waals surface area contributed by atoms with Crippen molar-refractivity contribution in [3.63, 3.8) is 0 Å². The summed E-state index contributed by atoms with van der Waals surface area (Å²) in [6, 6.07) is 9.53. The number of benzene rings is 1. The third kappa shape index (κ3) is 3.84. The fraction of sp³-hybridized carbons (Fsp3) is 0.227. The van der Waals surface area contributed by atoms with Crippen LogP contribution in [0.5, 0.6) is 0 Å². The number of halogens is 1. The molecule has 4 aromatic rings. The second kappa shape index (κ2) is 7.99. The van der Waals surface area contributed by atoms with Crippen LogP contribution in [0.15, 0.2) is 58.7 Å². The van der Waals surface area contributed by atoms with Gasteiger partial charge >= 0.3 is 0 Å². The Kier molecular flexibility index (Phi) is 5.03. The van der Waals surface area contributed by atoms with Crippen molar-refractivity contribution in [2.75, 3.05) is 26.2 Å².